The van der Waals surface area contributed by atoms with Crippen molar-refractivity contribution in [3.05, 3.63) is 29.6 Å². The Balaban J connectivity index is 1.83. The first-order valence-corrected chi connectivity index (χ1v) is 6.92. The molecule has 1 aliphatic carbocycles. The number of nitrogens with zero attached hydrogens (tertiary/aromatic N) is 1. The van der Waals surface area contributed by atoms with Gasteiger partial charge in [-0.05, 0) is 25.0 Å². The van der Waals surface area contributed by atoms with Crippen molar-refractivity contribution in [3.63, 3.8) is 0 Å². The fourth-order valence-corrected chi connectivity index (χ4v) is 1.77. The summed E-state index contributed by atoms with van der Waals surface area (Å²) in [5.74, 6) is 5.45. The van der Waals surface area contributed by atoms with Crippen LogP contribution in [0.15, 0.2) is 18.3 Å². The van der Waals surface area contributed by atoms with E-state index in [0.717, 1.165) is 12.8 Å². The fourth-order valence-electron chi connectivity index (χ4n) is 1.77. The summed E-state index contributed by atoms with van der Waals surface area (Å²) >= 11 is 0. The van der Waals surface area contributed by atoms with Gasteiger partial charge in [0.25, 0.3) is 5.91 Å². The molecular weight excluding hydrogens is 268 g/mol. The first-order valence-electron chi connectivity index (χ1n) is 6.92. The Kier molecular flexibility index (Phi) is 5.29. The van der Waals surface area contributed by atoms with Crippen molar-refractivity contribution in [2.75, 3.05) is 19.6 Å². The molecule has 0 aromatic carbocycles. The van der Waals surface area contributed by atoms with Crippen molar-refractivity contribution in [1.82, 2.24) is 15.6 Å². The number of carbonyl (C=O) groups excluding carboxylic acids is 2. The van der Waals surface area contributed by atoms with E-state index in [-0.39, 0.29) is 30.0 Å². The highest BCUT2D eigenvalue weighted by atomic mass is 16.2. The van der Waals surface area contributed by atoms with Crippen LogP contribution in [0.1, 0.15) is 28.9 Å². The average Bonchev–Trinajstić information content (AvgIpc) is 3.34. The molecule has 0 aliphatic heterocycles. The number of nitrogens with one attached hydrogen (secondary N) is 2. The van der Waals surface area contributed by atoms with Crippen LogP contribution >= 0.6 is 0 Å². The molecule has 4 N–H and O–H groups in total. The highest BCUT2D eigenvalue weighted by Gasteiger charge is 2.29. The van der Waals surface area contributed by atoms with Crippen molar-refractivity contribution in [1.29, 1.82) is 0 Å². The molecule has 21 heavy (non-hydrogen) atoms. The van der Waals surface area contributed by atoms with Gasteiger partial charge < -0.3 is 16.4 Å². The lowest BCUT2D eigenvalue weighted by Gasteiger charge is -2.07. The minimum absolute atomic E-state index is 0.0663. The highest BCUT2D eigenvalue weighted by Crippen LogP contribution is 2.28. The Morgan fingerprint density at radius 2 is 2.10 bits per heavy atom. The van der Waals surface area contributed by atoms with E-state index in [2.05, 4.69) is 27.5 Å². The smallest absolute Gasteiger partial charge is 0.271 e. The van der Waals surface area contributed by atoms with Gasteiger partial charge in [0.1, 0.15) is 5.69 Å². The summed E-state index contributed by atoms with van der Waals surface area (Å²) in [6.07, 6.45) is 3.47. The number of aromatic nitrogens is 1. The molecule has 0 saturated heterocycles. The molecule has 1 fully saturated rings. The summed E-state index contributed by atoms with van der Waals surface area (Å²) in [7, 11) is 0. The van der Waals surface area contributed by atoms with Crippen LogP contribution in [0.4, 0.5) is 0 Å². The average molecular weight is 286 g/mol. The lowest BCUT2D eigenvalue weighted by molar-refractivity contribution is -0.122. The van der Waals surface area contributed by atoms with Crippen LogP contribution in [-0.2, 0) is 4.79 Å². The highest BCUT2D eigenvalue weighted by molar-refractivity contribution is 5.94. The molecular formula is C15H18N4O2. The van der Waals surface area contributed by atoms with Gasteiger partial charge in [-0.25, -0.2) is 4.98 Å². The predicted octanol–water partition coefficient (Wildman–Crippen LogP) is -0.352. The molecule has 1 heterocycles. The molecule has 2 rings (SSSR count). The maximum atomic E-state index is 12.0. The van der Waals surface area contributed by atoms with Gasteiger partial charge in [-0.1, -0.05) is 11.8 Å². The normalized spacial score (nSPS) is 13.0. The van der Waals surface area contributed by atoms with E-state index in [1.54, 1.807) is 12.1 Å². The van der Waals surface area contributed by atoms with Crippen LogP contribution in [0.5, 0.6) is 0 Å². The van der Waals surface area contributed by atoms with Crippen molar-refractivity contribution in [3.8, 4) is 11.8 Å². The van der Waals surface area contributed by atoms with Gasteiger partial charge in [-0.3, -0.25) is 9.59 Å². The zero-order valence-corrected chi connectivity index (χ0v) is 11.7. The van der Waals surface area contributed by atoms with Crippen LogP contribution in [-0.4, -0.2) is 36.4 Å². The van der Waals surface area contributed by atoms with E-state index in [0.29, 0.717) is 18.7 Å². The van der Waals surface area contributed by atoms with Gasteiger partial charge in [0.05, 0.1) is 12.1 Å². The number of rotatable bonds is 5. The predicted molar refractivity (Wildman–Crippen MR) is 78.2 cm³/mol. The Labute approximate surface area is 123 Å². The molecule has 6 heteroatoms. The molecule has 1 saturated carbocycles. The van der Waals surface area contributed by atoms with Crippen molar-refractivity contribution in [2.24, 2.45) is 11.7 Å². The molecule has 1 aromatic rings. The van der Waals surface area contributed by atoms with E-state index < -0.39 is 0 Å². The van der Waals surface area contributed by atoms with Gasteiger partial charge in [0.15, 0.2) is 0 Å². The van der Waals surface area contributed by atoms with Crippen molar-refractivity contribution in [2.45, 2.75) is 12.8 Å². The first kappa shape index (κ1) is 15.0. The maximum Gasteiger partial charge on any atom is 0.271 e. The number of amides is 2. The van der Waals surface area contributed by atoms with E-state index >= 15 is 0 Å². The monoisotopic (exact) mass is 286 g/mol. The number of nitrogens with two attached hydrogens (primary N) is 1. The van der Waals surface area contributed by atoms with E-state index in [9.17, 15) is 9.59 Å². The first-order chi connectivity index (χ1) is 10.2. The second kappa shape index (κ2) is 7.41. The lowest BCUT2D eigenvalue weighted by Crippen LogP contribution is -2.35. The summed E-state index contributed by atoms with van der Waals surface area (Å²) in [6, 6.07) is 3.44. The topological polar surface area (TPSA) is 97.1 Å². The minimum Gasteiger partial charge on any atom is -0.354 e. The summed E-state index contributed by atoms with van der Waals surface area (Å²) in [6.45, 7) is 0.999. The van der Waals surface area contributed by atoms with Gasteiger partial charge in [0.2, 0.25) is 5.91 Å². The minimum atomic E-state index is -0.308. The molecule has 1 aliphatic rings. The molecule has 110 valence electrons. The van der Waals surface area contributed by atoms with Gasteiger partial charge in [-0.15, -0.1) is 0 Å². The quantitative estimate of drug-likeness (QED) is 0.509. The second-order valence-electron chi connectivity index (χ2n) is 4.73. The number of hydrogen-bond donors (Lipinski definition) is 3. The lowest BCUT2D eigenvalue weighted by atomic mass is 10.2. The van der Waals surface area contributed by atoms with Gasteiger partial charge >= 0.3 is 0 Å². The number of pyridine rings is 1. The van der Waals surface area contributed by atoms with E-state index in [1.807, 2.05) is 0 Å². The van der Waals surface area contributed by atoms with Crippen LogP contribution in [0, 0.1) is 17.8 Å². The Morgan fingerprint density at radius 3 is 2.81 bits per heavy atom. The number of carbonyl (C=O) groups is 2. The molecule has 0 spiro atoms. The standard InChI is InChI=1S/C15H18N4O2/c16-7-1-3-11-4-2-8-17-13(11)15(21)19-10-9-18-14(20)12-5-6-12/h2,4,8,12H,5-7,9-10,16H2,(H,18,20)(H,19,21). The second-order valence-corrected chi connectivity index (χ2v) is 4.73. The van der Waals surface area contributed by atoms with Crippen LogP contribution in [0.3, 0.4) is 0 Å². The third-order valence-electron chi connectivity index (χ3n) is 3.01. The van der Waals surface area contributed by atoms with Crippen LogP contribution in [0.2, 0.25) is 0 Å². The summed E-state index contributed by atoms with van der Waals surface area (Å²) in [4.78, 5) is 27.5. The molecule has 0 radical (unpaired) electrons. The SMILES string of the molecule is NCC#Cc1cccnc1C(=O)NCCNC(=O)C1CC1. The molecule has 2 amide bonds. The molecule has 0 atom stereocenters. The number of hydrogen-bond acceptors (Lipinski definition) is 4. The zero-order chi connectivity index (χ0) is 15.1. The molecule has 1 aromatic heterocycles. The Hall–Kier alpha value is -2.39. The summed E-state index contributed by atoms with van der Waals surface area (Å²) in [5, 5.41) is 5.50. The molecule has 6 nitrogen and oxygen atoms in total. The fraction of sp³-hybridized carbons (Fsp3) is 0.400. The van der Waals surface area contributed by atoms with Gasteiger partial charge in [-0.2, -0.15) is 0 Å². The van der Waals surface area contributed by atoms with E-state index in [4.69, 9.17) is 5.73 Å². The van der Waals surface area contributed by atoms with Crippen molar-refractivity contribution >= 4 is 11.8 Å². The van der Waals surface area contributed by atoms with Crippen LogP contribution in [0.25, 0.3) is 0 Å². The largest absolute Gasteiger partial charge is 0.354 e. The maximum absolute atomic E-state index is 12.0. The van der Waals surface area contributed by atoms with Crippen molar-refractivity contribution < 1.29 is 9.59 Å². The van der Waals surface area contributed by atoms with Gasteiger partial charge in [0, 0.05) is 25.2 Å². The van der Waals surface area contributed by atoms with E-state index in [1.165, 1.54) is 6.20 Å². The summed E-state index contributed by atoms with van der Waals surface area (Å²) in [5.41, 5.74) is 6.14. The molecule has 0 bridgehead atoms. The summed E-state index contributed by atoms with van der Waals surface area (Å²) < 4.78 is 0. The Bertz CT molecular complexity index is 585. The van der Waals surface area contributed by atoms with Crippen LogP contribution < -0.4 is 16.4 Å². The zero-order valence-electron chi connectivity index (χ0n) is 11.7. The molecule has 0 unspecified atom stereocenters. The third kappa shape index (κ3) is 4.58. The third-order valence-corrected chi connectivity index (χ3v) is 3.01. The Morgan fingerprint density at radius 1 is 1.33 bits per heavy atom.